The Morgan fingerprint density at radius 2 is 2.04 bits per heavy atom. The molecule has 2 heterocycles. The summed E-state index contributed by atoms with van der Waals surface area (Å²) < 4.78 is 0. The van der Waals surface area contributed by atoms with E-state index in [1.807, 2.05) is 18.3 Å². The number of carbonyl (C=O) groups excluding carboxylic acids is 1. The number of hydrogen-bond donors (Lipinski definition) is 1. The van der Waals surface area contributed by atoms with Gasteiger partial charge in [-0.05, 0) is 35.2 Å². The van der Waals surface area contributed by atoms with Crippen LogP contribution in [0.25, 0.3) is 22.0 Å². The fourth-order valence-corrected chi connectivity index (χ4v) is 3.41. The third-order valence-electron chi connectivity index (χ3n) is 4.75. The van der Waals surface area contributed by atoms with Crippen LogP contribution in [0.1, 0.15) is 6.42 Å². The summed E-state index contributed by atoms with van der Waals surface area (Å²) in [6.45, 7) is 2.51. The van der Waals surface area contributed by atoms with Crippen molar-refractivity contribution in [2.45, 2.75) is 6.42 Å². The highest BCUT2D eigenvalue weighted by Gasteiger charge is 2.24. The lowest BCUT2D eigenvalue weighted by Crippen LogP contribution is -2.26. The molecule has 5 nitrogen and oxygen atoms in total. The van der Waals surface area contributed by atoms with Gasteiger partial charge in [-0.1, -0.05) is 36.4 Å². The van der Waals surface area contributed by atoms with Gasteiger partial charge < -0.3 is 10.2 Å². The Kier molecular flexibility index (Phi) is 4.29. The first kappa shape index (κ1) is 15.6. The van der Waals surface area contributed by atoms with E-state index in [1.54, 1.807) is 0 Å². The average Bonchev–Trinajstić information content (AvgIpc) is 3.15. The zero-order valence-electron chi connectivity index (χ0n) is 13.9. The van der Waals surface area contributed by atoms with E-state index in [0.29, 0.717) is 12.5 Å². The van der Waals surface area contributed by atoms with Crippen LogP contribution in [0.3, 0.4) is 0 Å². The van der Waals surface area contributed by atoms with Crippen LogP contribution in [0.15, 0.2) is 54.7 Å². The van der Waals surface area contributed by atoms with E-state index < -0.39 is 0 Å². The summed E-state index contributed by atoms with van der Waals surface area (Å²) in [4.78, 5) is 21.9. The van der Waals surface area contributed by atoms with Gasteiger partial charge in [0.15, 0.2) is 0 Å². The molecule has 0 spiro atoms. The Bertz CT molecular complexity index is 896. The summed E-state index contributed by atoms with van der Waals surface area (Å²) in [5, 5.41) is 5.21. The van der Waals surface area contributed by atoms with Gasteiger partial charge in [-0.3, -0.25) is 4.79 Å². The molecular formula is C20H20N4O. The van der Waals surface area contributed by atoms with Crippen LogP contribution in [0.4, 0.5) is 5.95 Å². The highest BCUT2D eigenvalue weighted by molar-refractivity contribution is 5.86. The number of aromatic nitrogens is 2. The van der Waals surface area contributed by atoms with Crippen LogP contribution < -0.4 is 10.2 Å². The van der Waals surface area contributed by atoms with Crippen LogP contribution in [0, 0.1) is 5.92 Å². The van der Waals surface area contributed by atoms with Gasteiger partial charge in [0.2, 0.25) is 12.4 Å². The Morgan fingerprint density at radius 1 is 1.16 bits per heavy atom. The molecule has 1 aliphatic rings. The lowest BCUT2D eigenvalue weighted by Gasteiger charge is -2.17. The maximum absolute atomic E-state index is 10.5. The quantitative estimate of drug-likeness (QED) is 0.730. The second-order valence-electron chi connectivity index (χ2n) is 6.43. The van der Waals surface area contributed by atoms with E-state index in [9.17, 15) is 4.79 Å². The van der Waals surface area contributed by atoms with Gasteiger partial charge >= 0.3 is 0 Å². The van der Waals surface area contributed by atoms with Gasteiger partial charge in [0.25, 0.3) is 0 Å². The number of amides is 1. The number of benzene rings is 2. The minimum Gasteiger partial charge on any atom is -0.358 e. The molecule has 0 radical (unpaired) electrons. The van der Waals surface area contributed by atoms with Crippen LogP contribution >= 0.6 is 0 Å². The molecule has 4 rings (SSSR count). The second kappa shape index (κ2) is 6.89. The standard InChI is InChI=1S/C20H20N4O/c25-14-21-12-15-8-10-24(13-15)20-22-9-7-19(23-20)18-6-5-16-3-1-2-4-17(16)11-18/h1-7,9,11,14-15H,8,10,12-13H2,(H,21,25). The molecule has 3 aromatic rings. The largest absolute Gasteiger partial charge is 0.358 e. The molecule has 25 heavy (non-hydrogen) atoms. The molecule has 1 N–H and O–H groups in total. The molecule has 1 aliphatic heterocycles. The monoisotopic (exact) mass is 332 g/mol. The van der Waals surface area contributed by atoms with Crippen LogP contribution in [0.2, 0.25) is 0 Å². The zero-order chi connectivity index (χ0) is 17.1. The van der Waals surface area contributed by atoms with Gasteiger partial charge in [0, 0.05) is 31.4 Å². The van der Waals surface area contributed by atoms with E-state index in [-0.39, 0.29) is 0 Å². The normalized spacial score (nSPS) is 17.0. The number of anilines is 1. The predicted molar refractivity (Wildman–Crippen MR) is 99.4 cm³/mol. The zero-order valence-corrected chi connectivity index (χ0v) is 13.9. The molecule has 1 unspecified atom stereocenters. The molecule has 1 atom stereocenters. The maximum atomic E-state index is 10.5. The minimum absolute atomic E-state index is 0.457. The highest BCUT2D eigenvalue weighted by atomic mass is 16.1. The number of fused-ring (bicyclic) bond motifs is 1. The first-order chi connectivity index (χ1) is 12.3. The molecule has 0 bridgehead atoms. The lowest BCUT2D eigenvalue weighted by atomic mass is 10.1. The van der Waals surface area contributed by atoms with Crippen LogP contribution in [-0.4, -0.2) is 36.0 Å². The third-order valence-corrected chi connectivity index (χ3v) is 4.75. The van der Waals surface area contributed by atoms with E-state index in [0.717, 1.165) is 43.1 Å². The number of carbonyl (C=O) groups is 1. The van der Waals surface area contributed by atoms with Gasteiger partial charge in [-0.25, -0.2) is 9.97 Å². The Morgan fingerprint density at radius 3 is 2.92 bits per heavy atom. The van der Waals surface area contributed by atoms with Crippen molar-refractivity contribution in [3.8, 4) is 11.3 Å². The fourth-order valence-electron chi connectivity index (χ4n) is 3.41. The second-order valence-corrected chi connectivity index (χ2v) is 6.43. The molecule has 2 aromatic carbocycles. The smallest absolute Gasteiger partial charge is 0.225 e. The van der Waals surface area contributed by atoms with Crippen LogP contribution in [-0.2, 0) is 4.79 Å². The SMILES string of the molecule is O=CNCC1CCN(c2nccc(-c3ccc4ccccc4c3)n2)C1. The number of nitrogens with zero attached hydrogens (tertiary/aromatic N) is 3. The molecule has 126 valence electrons. The molecule has 1 amide bonds. The van der Waals surface area contributed by atoms with E-state index in [4.69, 9.17) is 4.98 Å². The van der Waals surface area contributed by atoms with E-state index >= 15 is 0 Å². The maximum Gasteiger partial charge on any atom is 0.225 e. The number of nitrogens with one attached hydrogen (secondary N) is 1. The van der Waals surface area contributed by atoms with Gasteiger partial charge in [-0.15, -0.1) is 0 Å². The van der Waals surface area contributed by atoms with Crippen molar-refractivity contribution in [1.29, 1.82) is 0 Å². The van der Waals surface area contributed by atoms with Gasteiger partial charge in [0.05, 0.1) is 5.69 Å². The Labute approximate surface area is 146 Å². The first-order valence-electron chi connectivity index (χ1n) is 8.58. The van der Waals surface area contributed by atoms with Gasteiger partial charge in [0.1, 0.15) is 0 Å². The van der Waals surface area contributed by atoms with Gasteiger partial charge in [-0.2, -0.15) is 0 Å². The molecular weight excluding hydrogens is 312 g/mol. The van der Waals surface area contributed by atoms with E-state index in [1.165, 1.54) is 10.8 Å². The summed E-state index contributed by atoms with van der Waals surface area (Å²) in [6.07, 6.45) is 3.63. The average molecular weight is 332 g/mol. The summed E-state index contributed by atoms with van der Waals surface area (Å²) in [6, 6.07) is 16.7. The summed E-state index contributed by atoms with van der Waals surface area (Å²) in [7, 11) is 0. The molecule has 1 fully saturated rings. The number of rotatable bonds is 5. The molecule has 0 saturated carbocycles. The highest BCUT2D eigenvalue weighted by Crippen LogP contribution is 2.26. The van der Waals surface area contributed by atoms with Crippen molar-refractivity contribution in [1.82, 2.24) is 15.3 Å². The molecule has 5 heteroatoms. The van der Waals surface area contributed by atoms with Crippen molar-refractivity contribution >= 4 is 23.1 Å². The third kappa shape index (κ3) is 3.31. The minimum atomic E-state index is 0.457. The topological polar surface area (TPSA) is 58.1 Å². The Hall–Kier alpha value is -2.95. The summed E-state index contributed by atoms with van der Waals surface area (Å²) >= 11 is 0. The summed E-state index contributed by atoms with van der Waals surface area (Å²) in [5.74, 6) is 1.22. The van der Waals surface area contributed by atoms with E-state index in [2.05, 4.69) is 51.6 Å². The summed E-state index contributed by atoms with van der Waals surface area (Å²) in [5.41, 5.74) is 2.03. The lowest BCUT2D eigenvalue weighted by molar-refractivity contribution is -0.109. The van der Waals surface area contributed by atoms with Crippen molar-refractivity contribution < 1.29 is 4.79 Å². The molecule has 0 aliphatic carbocycles. The molecule has 1 aromatic heterocycles. The predicted octanol–water partition coefficient (Wildman–Crippen LogP) is 2.87. The van der Waals surface area contributed by atoms with Crippen molar-refractivity contribution in [3.63, 3.8) is 0 Å². The number of hydrogen-bond acceptors (Lipinski definition) is 4. The fraction of sp³-hybridized carbons (Fsp3) is 0.250. The van der Waals surface area contributed by atoms with Crippen molar-refractivity contribution in [3.05, 3.63) is 54.7 Å². The first-order valence-corrected chi connectivity index (χ1v) is 8.58. The van der Waals surface area contributed by atoms with Crippen LogP contribution in [0.5, 0.6) is 0 Å². The van der Waals surface area contributed by atoms with Crippen molar-refractivity contribution in [2.75, 3.05) is 24.5 Å². The molecule has 1 saturated heterocycles. The Balaban J connectivity index is 1.57. The van der Waals surface area contributed by atoms with Crippen molar-refractivity contribution in [2.24, 2.45) is 5.92 Å².